The Hall–Kier alpha value is 0.150. The van der Waals surface area contributed by atoms with E-state index >= 15 is 4.39 Å². The average molecular weight is 389 g/mol. The molecule has 3 fully saturated rings. The lowest BCUT2D eigenvalue weighted by Gasteiger charge is -2.43. The second-order valence-electron chi connectivity index (χ2n) is 9.61. The zero-order valence-corrected chi connectivity index (χ0v) is 17.4. The quantitative estimate of drug-likeness (QED) is 0.320. The van der Waals surface area contributed by atoms with Crippen LogP contribution in [-0.4, -0.2) is 17.7 Å². The number of unbranched alkanes of at least 4 members (excludes halogenated alkanes) is 2. The van der Waals surface area contributed by atoms with E-state index in [2.05, 4.69) is 6.92 Å². The molecule has 3 aliphatic carbocycles. The van der Waals surface area contributed by atoms with E-state index in [9.17, 15) is 4.39 Å². The van der Waals surface area contributed by atoms with Crippen molar-refractivity contribution in [3.8, 4) is 0 Å². The fourth-order valence-electron chi connectivity index (χ4n) is 6.26. The van der Waals surface area contributed by atoms with Gasteiger partial charge in [0.25, 0.3) is 0 Å². The highest BCUT2D eigenvalue weighted by Gasteiger charge is 2.42. The molecule has 0 saturated heterocycles. The maximum absolute atomic E-state index is 15.0. The molecular formula is C23H39ClF2. The minimum absolute atomic E-state index is 0.130. The fraction of sp³-hybridized carbons (Fsp3) is 1.00. The van der Waals surface area contributed by atoms with Gasteiger partial charge in [0.1, 0.15) is 12.3 Å². The molecule has 0 aromatic heterocycles. The van der Waals surface area contributed by atoms with Crippen molar-refractivity contribution in [3.05, 3.63) is 0 Å². The Morgan fingerprint density at radius 3 is 2.04 bits per heavy atom. The van der Waals surface area contributed by atoms with Crippen molar-refractivity contribution < 1.29 is 8.78 Å². The third-order valence-corrected chi connectivity index (χ3v) is 8.40. The molecule has 0 aliphatic heterocycles. The highest BCUT2D eigenvalue weighted by Crippen LogP contribution is 2.47. The molecule has 0 heterocycles. The van der Waals surface area contributed by atoms with Gasteiger partial charge in [-0.05, 0) is 100 Å². The largest absolute Gasteiger partial charge is 0.247 e. The third-order valence-electron chi connectivity index (χ3n) is 7.96. The lowest BCUT2D eigenvalue weighted by molar-refractivity contribution is 0.0141. The van der Waals surface area contributed by atoms with Crippen LogP contribution < -0.4 is 0 Å². The first-order valence-corrected chi connectivity index (χ1v) is 11.9. The van der Waals surface area contributed by atoms with Gasteiger partial charge < -0.3 is 0 Å². The highest BCUT2D eigenvalue weighted by molar-refractivity contribution is 6.20. The first-order valence-electron chi connectivity index (χ1n) is 11.5. The van der Waals surface area contributed by atoms with E-state index in [-0.39, 0.29) is 11.8 Å². The number of rotatable bonds is 6. The molecule has 0 bridgehead atoms. The lowest BCUT2D eigenvalue weighted by atomic mass is 9.64. The van der Waals surface area contributed by atoms with Crippen LogP contribution in [0.3, 0.4) is 0 Å². The Morgan fingerprint density at radius 2 is 1.38 bits per heavy atom. The zero-order chi connectivity index (χ0) is 18.5. The molecule has 3 heteroatoms. The van der Waals surface area contributed by atoms with Crippen molar-refractivity contribution in [2.24, 2.45) is 29.6 Å². The van der Waals surface area contributed by atoms with E-state index in [1.165, 1.54) is 25.7 Å². The number of hydrogen-bond donors (Lipinski definition) is 0. The predicted octanol–water partition coefficient (Wildman–Crippen LogP) is 7.87. The normalized spacial score (nSPS) is 44.8. The number of halogens is 3. The van der Waals surface area contributed by atoms with E-state index < -0.39 is 12.3 Å². The van der Waals surface area contributed by atoms with Crippen molar-refractivity contribution in [2.45, 2.75) is 115 Å². The molecule has 0 amide bonds. The smallest absolute Gasteiger partial charge is 0.103 e. The summed E-state index contributed by atoms with van der Waals surface area (Å²) in [6, 6.07) is 0. The van der Waals surface area contributed by atoms with Crippen LogP contribution in [0.25, 0.3) is 0 Å². The van der Waals surface area contributed by atoms with E-state index in [0.29, 0.717) is 29.6 Å². The second-order valence-corrected chi connectivity index (χ2v) is 10.2. The van der Waals surface area contributed by atoms with E-state index in [4.69, 9.17) is 11.6 Å². The molecule has 0 spiro atoms. The molecule has 3 aliphatic rings. The highest BCUT2D eigenvalue weighted by atomic mass is 35.5. The van der Waals surface area contributed by atoms with Gasteiger partial charge >= 0.3 is 0 Å². The van der Waals surface area contributed by atoms with Crippen LogP contribution in [0.5, 0.6) is 0 Å². The van der Waals surface area contributed by atoms with Gasteiger partial charge in [-0.1, -0.05) is 26.2 Å². The van der Waals surface area contributed by atoms with Crippen LogP contribution in [0, 0.1) is 29.6 Å². The van der Waals surface area contributed by atoms with Gasteiger partial charge in [0.15, 0.2) is 0 Å². The average Bonchev–Trinajstić information content (AvgIpc) is 2.64. The van der Waals surface area contributed by atoms with Gasteiger partial charge in [0.2, 0.25) is 0 Å². The van der Waals surface area contributed by atoms with Crippen molar-refractivity contribution in [1.82, 2.24) is 0 Å². The van der Waals surface area contributed by atoms with Crippen molar-refractivity contribution in [1.29, 1.82) is 0 Å². The Balaban J connectivity index is 1.45. The molecule has 0 nitrogen and oxygen atoms in total. The molecular weight excluding hydrogens is 350 g/mol. The van der Waals surface area contributed by atoms with Crippen LogP contribution in [0.1, 0.15) is 96.8 Å². The standard InChI is InChI=1S/C23H39ClF2/c1-2-3-4-5-17-6-7-19(15-22(17)25)21-13-10-18(14-23(21)26)16-8-11-20(24)12-9-16/h16-23H,2-15H2,1H3. The summed E-state index contributed by atoms with van der Waals surface area (Å²) >= 11 is 6.23. The fourth-order valence-corrected chi connectivity index (χ4v) is 6.51. The van der Waals surface area contributed by atoms with Gasteiger partial charge in [0, 0.05) is 5.38 Å². The minimum atomic E-state index is -0.698. The topological polar surface area (TPSA) is 0 Å². The van der Waals surface area contributed by atoms with E-state index in [1.54, 1.807) is 0 Å². The molecule has 3 saturated carbocycles. The van der Waals surface area contributed by atoms with Crippen LogP contribution >= 0.6 is 11.6 Å². The molecule has 0 aromatic rings. The monoisotopic (exact) mass is 388 g/mol. The summed E-state index contributed by atoms with van der Waals surface area (Å²) in [4.78, 5) is 0. The number of hydrogen-bond acceptors (Lipinski definition) is 0. The van der Waals surface area contributed by atoms with Crippen LogP contribution in [-0.2, 0) is 0 Å². The van der Waals surface area contributed by atoms with E-state index in [0.717, 1.165) is 57.8 Å². The van der Waals surface area contributed by atoms with Crippen molar-refractivity contribution >= 4 is 11.6 Å². The van der Waals surface area contributed by atoms with Crippen LogP contribution in [0.4, 0.5) is 8.78 Å². The summed E-state index contributed by atoms with van der Waals surface area (Å²) in [5.74, 6) is 1.91. The summed E-state index contributed by atoms with van der Waals surface area (Å²) < 4.78 is 29.7. The summed E-state index contributed by atoms with van der Waals surface area (Å²) in [5.41, 5.74) is 0. The predicted molar refractivity (Wildman–Crippen MR) is 107 cm³/mol. The van der Waals surface area contributed by atoms with Gasteiger partial charge in [-0.2, -0.15) is 0 Å². The summed E-state index contributed by atoms with van der Waals surface area (Å²) in [5, 5.41) is 0.345. The Kier molecular flexibility index (Phi) is 8.09. The Bertz CT molecular complexity index is 407. The molecule has 6 unspecified atom stereocenters. The van der Waals surface area contributed by atoms with Crippen LogP contribution in [0.2, 0.25) is 0 Å². The Labute approximate surface area is 164 Å². The van der Waals surface area contributed by atoms with Crippen molar-refractivity contribution in [3.63, 3.8) is 0 Å². The first kappa shape index (κ1) is 20.9. The Morgan fingerprint density at radius 1 is 0.731 bits per heavy atom. The molecule has 0 N–H and O–H groups in total. The molecule has 152 valence electrons. The van der Waals surface area contributed by atoms with Gasteiger partial charge in [-0.25, -0.2) is 8.78 Å². The van der Waals surface area contributed by atoms with Gasteiger partial charge in [-0.3, -0.25) is 0 Å². The maximum Gasteiger partial charge on any atom is 0.103 e. The summed E-state index contributed by atoms with van der Waals surface area (Å²) in [6.45, 7) is 2.20. The third kappa shape index (κ3) is 5.36. The summed E-state index contributed by atoms with van der Waals surface area (Å²) in [6.07, 6.45) is 13.4. The lowest BCUT2D eigenvalue weighted by Crippen LogP contribution is -2.39. The second kappa shape index (κ2) is 10.1. The zero-order valence-electron chi connectivity index (χ0n) is 16.7. The molecule has 6 atom stereocenters. The molecule has 3 rings (SSSR count). The molecule has 0 aromatic carbocycles. The van der Waals surface area contributed by atoms with Gasteiger partial charge in [-0.15, -0.1) is 11.6 Å². The molecule has 0 radical (unpaired) electrons. The first-order chi connectivity index (χ1) is 12.6. The van der Waals surface area contributed by atoms with E-state index in [1.807, 2.05) is 0 Å². The van der Waals surface area contributed by atoms with Crippen LogP contribution in [0.15, 0.2) is 0 Å². The minimum Gasteiger partial charge on any atom is -0.247 e. The molecule has 26 heavy (non-hydrogen) atoms. The summed E-state index contributed by atoms with van der Waals surface area (Å²) in [7, 11) is 0. The maximum atomic E-state index is 15.0. The number of alkyl halides is 3. The van der Waals surface area contributed by atoms with Crippen molar-refractivity contribution in [2.75, 3.05) is 0 Å². The van der Waals surface area contributed by atoms with Gasteiger partial charge in [0.05, 0.1) is 0 Å². The SMILES string of the molecule is CCCCCC1CCC(C2CCC(C3CCC(Cl)CC3)CC2F)CC1F.